The molecule has 0 aliphatic carbocycles. The van der Waals surface area contributed by atoms with E-state index < -0.39 is 5.76 Å². The Morgan fingerprint density at radius 2 is 1.89 bits per heavy atom. The van der Waals surface area contributed by atoms with Crippen molar-refractivity contribution in [3.05, 3.63) is 77.3 Å². The van der Waals surface area contributed by atoms with Gasteiger partial charge in [0, 0.05) is 18.3 Å². The number of likely N-dealkylation sites (N-methyl/N-ethyl adjacent to an activating group) is 1. The number of nitrogen functional groups attached to an aromatic ring is 1. The summed E-state index contributed by atoms with van der Waals surface area (Å²) in [6.45, 7) is -0.134. The van der Waals surface area contributed by atoms with Crippen molar-refractivity contribution in [2.24, 2.45) is 0 Å². The standard InChI is InChI=1S/C21H18N4O3/c1-24(15-6-3-2-4-7-15)20(26)13-25-17-12-14(10-11-18(17)28-21(25)27)16-8-5-9-19(22)23-16/h2-12H,13H2,1H3,(H2,22,23). The molecule has 0 spiro atoms. The molecule has 0 bridgehead atoms. The molecule has 2 N–H and O–H groups in total. The molecular weight excluding hydrogens is 356 g/mol. The molecule has 0 aliphatic heterocycles. The average Bonchev–Trinajstić information content (AvgIpc) is 3.02. The molecule has 1 amide bonds. The van der Waals surface area contributed by atoms with Gasteiger partial charge in [-0.2, -0.15) is 0 Å². The van der Waals surface area contributed by atoms with E-state index in [1.165, 1.54) is 9.47 Å². The van der Waals surface area contributed by atoms with Crippen molar-refractivity contribution in [3.63, 3.8) is 0 Å². The molecule has 4 aromatic rings. The third kappa shape index (κ3) is 3.25. The van der Waals surface area contributed by atoms with Crippen LogP contribution in [0.1, 0.15) is 0 Å². The Labute approximate surface area is 160 Å². The first-order valence-corrected chi connectivity index (χ1v) is 8.71. The highest BCUT2D eigenvalue weighted by Crippen LogP contribution is 2.23. The summed E-state index contributed by atoms with van der Waals surface area (Å²) < 4.78 is 6.62. The maximum Gasteiger partial charge on any atom is 0.420 e. The van der Waals surface area contributed by atoms with Crippen LogP contribution >= 0.6 is 0 Å². The third-order valence-electron chi connectivity index (χ3n) is 4.54. The van der Waals surface area contributed by atoms with E-state index in [9.17, 15) is 9.59 Å². The SMILES string of the molecule is CN(C(=O)Cn1c(=O)oc2ccc(-c3cccc(N)n3)cc21)c1ccccc1. The lowest BCUT2D eigenvalue weighted by molar-refractivity contribution is -0.118. The molecular formula is C21H18N4O3. The van der Waals surface area contributed by atoms with Crippen LogP contribution in [0.25, 0.3) is 22.4 Å². The Kier molecular flexibility index (Phi) is 4.41. The Bertz CT molecular complexity index is 1210. The fourth-order valence-electron chi connectivity index (χ4n) is 3.02. The summed E-state index contributed by atoms with van der Waals surface area (Å²) in [5.74, 6) is -0.409. The first kappa shape index (κ1) is 17.5. The van der Waals surface area contributed by atoms with Crippen molar-refractivity contribution in [2.75, 3.05) is 17.7 Å². The molecule has 0 saturated heterocycles. The number of nitrogens with two attached hydrogens (primary N) is 1. The lowest BCUT2D eigenvalue weighted by Gasteiger charge is -2.17. The molecule has 0 aliphatic rings. The minimum absolute atomic E-state index is 0.134. The number of nitrogens with zero attached hydrogens (tertiary/aromatic N) is 3. The molecule has 7 nitrogen and oxygen atoms in total. The summed E-state index contributed by atoms with van der Waals surface area (Å²) in [6.07, 6.45) is 0. The van der Waals surface area contributed by atoms with Gasteiger partial charge >= 0.3 is 5.76 Å². The van der Waals surface area contributed by atoms with Crippen molar-refractivity contribution < 1.29 is 9.21 Å². The summed E-state index contributed by atoms with van der Waals surface area (Å²) in [4.78, 5) is 30.8. The summed E-state index contributed by atoms with van der Waals surface area (Å²) in [7, 11) is 1.67. The number of carbonyl (C=O) groups excluding carboxylic acids is 1. The first-order chi connectivity index (χ1) is 13.5. The molecule has 2 aromatic carbocycles. The Morgan fingerprint density at radius 3 is 2.64 bits per heavy atom. The molecule has 0 fully saturated rings. The predicted octanol–water partition coefficient (Wildman–Crippen LogP) is 2.90. The lowest BCUT2D eigenvalue weighted by atomic mass is 10.1. The topological polar surface area (TPSA) is 94.4 Å². The van der Waals surface area contributed by atoms with Gasteiger partial charge in [0.05, 0.1) is 11.2 Å². The highest BCUT2D eigenvalue weighted by Gasteiger charge is 2.17. The van der Waals surface area contributed by atoms with Crippen molar-refractivity contribution in [1.82, 2.24) is 9.55 Å². The van der Waals surface area contributed by atoms with Gasteiger partial charge in [-0.05, 0) is 42.5 Å². The second-order valence-corrected chi connectivity index (χ2v) is 6.37. The quantitative estimate of drug-likeness (QED) is 0.593. The number of benzene rings is 2. The van der Waals surface area contributed by atoms with Crippen LogP contribution in [0.2, 0.25) is 0 Å². The number of anilines is 2. The van der Waals surface area contributed by atoms with Gasteiger partial charge in [0.2, 0.25) is 5.91 Å². The van der Waals surface area contributed by atoms with Crippen molar-refractivity contribution in [2.45, 2.75) is 6.54 Å². The number of carbonyl (C=O) groups is 1. The van der Waals surface area contributed by atoms with Crippen LogP contribution in [0.3, 0.4) is 0 Å². The summed E-state index contributed by atoms with van der Waals surface area (Å²) >= 11 is 0. The van der Waals surface area contributed by atoms with Gasteiger partial charge in [0.15, 0.2) is 5.58 Å². The van der Waals surface area contributed by atoms with E-state index in [2.05, 4.69) is 4.98 Å². The number of hydrogen-bond acceptors (Lipinski definition) is 5. The monoisotopic (exact) mass is 374 g/mol. The zero-order valence-electron chi connectivity index (χ0n) is 15.2. The van der Waals surface area contributed by atoms with Crippen LogP contribution in [0.4, 0.5) is 11.5 Å². The van der Waals surface area contributed by atoms with Gasteiger partial charge < -0.3 is 15.1 Å². The summed E-state index contributed by atoms with van der Waals surface area (Å²) in [5, 5.41) is 0. The third-order valence-corrected chi connectivity index (χ3v) is 4.54. The molecule has 4 rings (SSSR count). The van der Waals surface area contributed by atoms with Gasteiger partial charge in [0.1, 0.15) is 12.4 Å². The maximum absolute atomic E-state index is 12.7. The number of hydrogen-bond donors (Lipinski definition) is 1. The van der Waals surface area contributed by atoms with E-state index in [0.717, 1.165) is 11.3 Å². The van der Waals surface area contributed by atoms with Crippen LogP contribution in [0, 0.1) is 0 Å². The van der Waals surface area contributed by atoms with Gasteiger partial charge in [-0.3, -0.25) is 9.36 Å². The highest BCUT2D eigenvalue weighted by molar-refractivity contribution is 5.93. The highest BCUT2D eigenvalue weighted by atomic mass is 16.4. The minimum Gasteiger partial charge on any atom is -0.408 e. The maximum atomic E-state index is 12.7. The molecule has 0 saturated carbocycles. The number of pyridine rings is 1. The number of oxazole rings is 1. The zero-order valence-corrected chi connectivity index (χ0v) is 15.2. The number of aromatic nitrogens is 2. The van der Waals surface area contributed by atoms with Crippen molar-refractivity contribution in [3.8, 4) is 11.3 Å². The Hall–Kier alpha value is -3.87. The second-order valence-electron chi connectivity index (χ2n) is 6.37. The Morgan fingerprint density at radius 1 is 1.11 bits per heavy atom. The molecule has 7 heteroatoms. The van der Waals surface area contributed by atoms with E-state index >= 15 is 0 Å². The van der Waals surface area contributed by atoms with Crippen molar-refractivity contribution >= 4 is 28.5 Å². The summed E-state index contributed by atoms with van der Waals surface area (Å²) in [5.41, 5.74) is 8.90. The van der Waals surface area contributed by atoms with E-state index in [4.69, 9.17) is 10.2 Å². The van der Waals surface area contributed by atoms with Gasteiger partial charge in [0.25, 0.3) is 0 Å². The number of para-hydroxylation sites is 1. The smallest absolute Gasteiger partial charge is 0.408 e. The molecule has 0 unspecified atom stereocenters. The van der Waals surface area contributed by atoms with Crippen LogP contribution in [0.5, 0.6) is 0 Å². The molecule has 0 atom stereocenters. The van der Waals surface area contributed by atoms with Crippen LogP contribution in [-0.2, 0) is 11.3 Å². The fraction of sp³-hybridized carbons (Fsp3) is 0.0952. The fourth-order valence-corrected chi connectivity index (χ4v) is 3.02. The first-order valence-electron chi connectivity index (χ1n) is 8.71. The van der Waals surface area contributed by atoms with Crippen LogP contribution < -0.4 is 16.4 Å². The van der Waals surface area contributed by atoms with Gasteiger partial charge in [-0.15, -0.1) is 0 Å². The van der Waals surface area contributed by atoms with E-state index in [1.54, 1.807) is 31.3 Å². The predicted molar refractivity (Wildman–Crippen MR) is 108 cm³/mol. The number of amides is 1. The van der Waals surface area contributed by atoms with Gasteiger partial charge in [-0.1, -0.05) is 24.3 Å². The van der Waals surface area contributed by atoms with Gasteiger partial charge in [-0.25, -0.2) is 9.78 Å². The normalized spacial score (nSPS) is 10.9. The minimum atomic E-state index is -0.581. The average molecular weight is 374 g/mol. The molecule has 2 heterocycles. The van der Waals surface area contributed by atoms with Crippen LogP contribution in [0.15, 0.2) is 75.9 Å². The van der Waals surface area contributed by atoms with E-state index in [0.29, 0.717) is 22.6 Å². The van der Waals surface area contributed by atoms with Crippen molar-refractivity contribution in [1.29, 1.82) is 0 Å². The van der Waals surface area contributed by atoms with E-state index in [1.807, 2.05) is 42.5 Å². The van der Waals surface area contributed by atoms with E-state index in [-0.39, 0.29) is 12.5 Å². The number of rotatable bonds is 4. The zero-order chi connectivity index (χ0) is 19.7. The summed E-state index contributed by atoms with van der Waals surface area (Å²) in [6, 6.07) is 19.8. The number of fused-ring (bicyclic) bond motifs is 1. The second kappa shape index (κ2) is 7.03. The Balaban J connectivity index is 1.70. The molecule has 28 heavy (non-hydrogen) atoms. The lowest BCUT2D eigenvalue weighted by Crippen LogP contribution is -2.32. The molecule has 140 valence electrons. The largest absolute Gasteiger partial charge is 0.420 e. The molecule has 2 aromatic heterocycles. The van der Waals surface area contributed by atoms with Crippen LogP contribution in [-0.4, -0.2) is 22.5 Å². The molecule has 0 radical (unpaired) electrons.